The molecule has 1 aliphatic heterocycles. The van der Waals surface area contributed by atoms with Gasteiger partial charge in [-0.05, 0) is 50.9 Å². The molecule has 3 N–H and O–H groups in total. The average molecular weight is 515 g/mol. The maximum atomic E-state index is 10.2. The van der Waals surface area contributed by atoms with Crippen molar-refractivity contribution in [2.45, 2.75) is 39.2 Å². The third kappa shape index (κ3) is 8.73. The molecule has 0 saturated carbocycles. The number of nitrogens with zero attached hydrogens (tertiary/aromatic N) is 2. The van der Waals surface area contributed by atoms with E-state index in [1.165, 1.54) is 43.7 Å². The van der Waals surface area contributed by atoms with E-state index in [9.17, 15) is 5.11 Å². The second kappa shape index (κ2) is 13.1. The number of aliphatic hydroxyl groups is 1. The molecule has 1 aliphatic rings. The van der Waals surface area contributed by atoms with Crippen LogP contribution in [0.4, 0.5) is 0 Å². The fourth-order valence-corrected chi connectivity index (χ4v) is 4.08. The lowest BCUT2D eigenvalue weighted by Crippen LogP contribution is -2.40. The first-order valence-corrected chi connectivity index (χ1v) is 10.5. The van der Waals surface area contributed by atoms with Gasteiger partial charge < -0.3 is 20.6 Å². The van der Waals surface area contributed by atoms with Gasteiger partial charge in [0.2, 0.25) is 0 Å². The Hall–Kier alpha value is -0.0900. The largest absolute Gasteiger partial charge is 0.386 e. The number of hydrogen-bond acceptors (Lipinski definition) is 4. The smallest absolute Gasteiger partial charge is 0.191 e. The first kappa shape index (κ1) is 23.9. The van der Waals surface area contributed by atoms with E-state index >= 15 is 0 Å². The zero-order valence-corrected chi connectivity index (χ0v) is 19.6. The Kier molecular flexibility index (Phi) is 12.1. The summed E-state index contributed by atoms with van der Waals surface area (Å²) in [6.07, 6.45) is 3.44. The standard InChI is InChI=1S/C18H31ClN4OS.HI/c1-3-20-18(22-12-15(24)16-7-8-17(19)25-16)21-11-14(2)13-23-9-5-4-6-10-23;/h7-8,14-15,24H,3-6,9-13H2,1-2H3,(H2,20,21,22);1H. The highest BCUT2D eigenvalue weighted by molar-refractivity contribution is 14.0. The number of likely N-dealkylation sites (tertiary alicyclic amines) is 1. The van der Waals surface area contributed by atoms with Gasteiger partial charge in [-0.25, -0.2) is 0 Å². The third-order valence-corrected chi connectivity index (χ3v) is 5.64. The zero-order valence-electron chi connectivity index (χ0n) is 15.7. The highest BCUT2D eigenvalue weighted by Gasteiger charge is 2.14. The molecule has 0 aliphatic carbocycles. The zero-order chi connectivity index (χ0) is 18.1. The number of hydrogen-bond donors (Lipinski definition) is 3. The Morgan fingerprint density at radius 1 is 1.31 bits per heavy atom. The van der Waals surface area contributed by atoms with E-state index in [-0.39, 0.29) is 24.0 Å². The Labute approximate surface area is 183 Å². The minimum atomic E-state index is -0.577. The van der Waals surface area contributed by atoms with Gasteiger partial charge in [-0.15, -0.1) is 35.3 Å². The van der Waals surface area contributed by atoms with Gasteiger partial charge in [-0.1, -0.05) is 24.9 Å². The van der Waals surface area contributed by atoms with Gasteiger partial charge in [0, 0.05) is 31.1 Å². The number of aliphatic imine (C=N–C) groups is 1. The summed E-state index contributed by atoms with van der Waals surface area (Å²) in [5.41, 5.74) is 0. The molecule has 1 aromatic heterocycles. The molecule has 1 saturated heterocycles. The topological polar surface area (TPSA) is 59.9 Å². The molecule has 0 aromatic carbocycles. The van der Waals surface area contributed by atoms with Crippen molar-refractivity contribution >= 4 is 52.9 Å². The lowest BCUT2D eigenvalue weighted by molar-refractivity contribution is 0.184. The molecular weight excluding hydrogens is 483 g/mol. The van der Waals surface area contributed by atoms with Gasteiger partial charge in [-0.3, -0.25) is 4.99 Å². The summed E-state index contributed by atoms with van der Waals surface area (Å²) >= 11 is 7.34. The van der Waals surface area contributed by atoms with Crippen molar-refractivity contribution in [3.63, 3.8) is 0 Å². The second-order valence-corrected chi connectivity index (χ2v) is 8.47. The van der Waals surface area contributed by atoms with Crippen LogP contribution in [-0.2, 0) is 0 Å². The molecule has 5 nitrogen and oxygen atoms in total. The van der Waals surface area contributed by atoms with Crippen molar-refractivity contribution < 1.29 is 5.11 Å². The van der Waals surface area contributed by atoms with E-state index in [2.05, 4.69) is 27.4 Å². The molecule has 0 radical (unpaired) electrons. The predicted molar refractivity (Wildman–Crippen MR) is 123 cm³/mol. The summed E-state index contributed by atoms with van der Waals surface area (Å²) in [5.74, 6) is 1.28. The van der Waals surface area contributed by atoms with Crippen LogP contribution in [0, 0.1) is 5.92 Å². The van der Waals surface area contributed by atoms with E-state index in [0.717, 1.165) is 30.5 Å². The normalized spacial score (nSPS) is 18.1. The summed E-state index contributed by atoms with van der Waals surface area (Å²) in [6, 6.07) is 3.68. The highest BCUT2D eigenvalue weighted by Crippen LogP contribution is 2.26. The van der Waals surface area contributed by atoms with Gasteiger partial charge in [0.1, 0.15) is 6.10 Å². The van der Waals surface area contributed by atoms with Crippen molar-refractivity contribution in [1.82, 2.24) is 15.5 Å². The number of guanidine groups is 1. The van der Waals surface area contributed by atoms with Crippen molar-refractivity contribution in [3.05, 3.63) is 21.3 Å². The Morgan fingerprint density at radius 3 is 2.65 bits per heavy atom. The van der Waals surface area contributed by atoms with Crippen molar-refractivity contribution in [3.8, 4) is 0 Å². The summed E-state index contributed by atoms with van der Waals surface area (Å²) in [6.45, 7) is 9.86. The molecule has 1 fully saturated rings. The predicted octanol–water partition coefficient (Wildman–Crippen LogP) is 3.73. The lowest BCUT2D eigenvalue weighted by Gasteiger charge is -2.28. The van der Waals surface area contributed by atoms with Crippen LogP contribution >= 0.6 is 46.9 Å². The van der Waals surface area contributed by atoms with Crippen LogP contribution in [0.15, 0.2) is 17.1 Å². The number of rotatable bonds is 8. The first-order valence-electron chi connectivity index (χ1n) is 9.26. The Balaban J connectivity index is 0.00000338. The quantitative estimate of drug-likeness (QED) is 0.281. The molecular formula is C18H32ClIN4OS. The summed E-state index contributed by atoms with van der Waals surface area (Å²) in [4.78, 5) is 8.10. The number of piperidine rings is 1. The SMILES string of the molecule is CCNC(=NCC(C)CN1CCCCC1)NCC(O)c1ccc(Cl)s1.I. The molecule has 0 amide bonds. The fraction of sp³-hybridized carbons (Fsp3) is 0.722. The van der Waals surface area contributed by atoms with E-state index < -0.39 is 6.10 Å². The lowest BCUT2D eigenvalue weighted by atomic mass is 10.1. The molecule has 0 bridgehead atoms. The van der Waals surface area contributed by atoms with Gasteiger partial charge in [0.15, 0.2) is 5.96 Å². The maximum Gasteiger partial charge on any atom is 0.191 e. The van der Waals surface area contributed by atoms with Crippen LogP contribution < -0.4 is 10.6 Å². The first-order chi connectivity index (χ1) is 12.1. The number of halogens is 2. The number of thiophene rings is 1. The monoisotopic (exact) mass is 514 g/mol. The molecule has 26 heavy (non-hydrogen) atoms. The van der Waals surface area contributed by atoms with Crippen LogP contribution in [-0.4, -0.2) is 55.2 Å². The molecule has 2 atom stereocenters. The maximum absolute atomic E-state index is 10.2. The van der Waals surface area contributed by atoms with Crippen LogP contribution in [0.25, 0.3) is 0 Å². The Morgan fingerprint density at radius 2 is 2.04 bits per heavy atom. The van der Waals surface area contributed by atoms with Crippen molar-refractivity contribution in [2.75, 3.05) is 39.3 Å². The molecule has 150 valence electrons. The molecule has 1 aromatic rings. The molecule has 2 heterocycles. The van der Waals surface area contributed by atoms with Gasteiger partial charge in [-0.2, -0.15) is 0 Å². The van der Waals surface area contributed by atoms with Gasteiger partial charge in [0.05, 0.1) is 4.34 Å². The minimum absolute atomic E-state index is 0. The van der Waals surface area contributed by atoms with Crippen LogP contribution in [0.1, 0.15) is 44.1 Å². The van der Waals surface area contributed by atoms with E-state index in [1.54, 1.807) is 0 Å². The molecule has 2 unspecified atom stereocenters. The van der Waals surface area contributed by atoms with Gasteiger partial charge in [0.25, 0.3) is 0 Å². The fourth-order valence-electron chi connectivity index (χ4n) is 3.03. The van der Waals surface area contributed by atoms with Crippen LogP contribution in [0.2, 0.25) is 4.34 Å². The Bertz CT molecular complexity index is 537. The summed E-state index contributed by atoms with van der Waals surface area (Å²) in [7, 11) is 0. The summed E-state index contributed by atoms with van der Waals surface area (Å²) < 4.78 is 0.696. The van der Waals surface area contributed by atoms with Crippen LogP contribution in [0.3, 0.4) is 0 Å². The highest BCUT2D eigenvalue weighted by atomic mass is 127. The second-order valence-electron chi connectivity index (χ2n) is 6.72. The molecule has 8 heteroatoms. The minimum Gasteiger partial charge on any atom is -0.386 e. The molecule has 2 rings (SSSR count). The van der Waals surface area contributed by atoms with Crippen molar-refractivity contribution in [2.24, 2.45) is 10.9 Å². The van der Waals surface area contributed by atoms with E-state index in [4.69, 9.17) is 11.6 Å². The van der Waals surface area contributed by atoms with E-state index in [1.807, 2.05) is 19.1 Å². The summed E-state index contributed by atoms with van der Waals surface area (Å²) in [5, 5.41) is 16.7. The molecule has 0 spiro atoms. The number of nitrogens with one attached hydrogen (secondary N) is 2. The van der Waals surface area contributed by atoms with Crippen molar-refractivity contribution in [1.29, 1.82) is 0 Å². The average Bonchev–Trinajstić information content (AvgIpc) is 3.04. The number of aliphatic hydroxyl groups excluding tert-OH is 1. The third-order valence-electron chi connectivity index (χ3n) is 4.31. The van der Waals surface area contributed by atoms with Gasteiger partial charge >= 0.3 is 0 Å². The van der Waals surface area contributed by atoms with Crippen LogP contribution in [0.5, 0.6) is 0 Å². The van der Waals surface area contributed by atoms with E-state index in [0.29, 0.717) is 16.8 Å².